The maximum atomic E-state index is 17.4. The molecule has 5 aliphatic carbocycles. The van der Waals surface area contributed by atoms with Gasteiger partial charge in [-0.1, -0.05) is 66.7 Å². The van der Waals surface area contributed by atoms with Gasteiger partial charge in [-0.15, -0.1) is 0 Å². The molecule has 1 aromatic rings. The summed E-state index contributed by atoms with van der Waals surface area (Å²) in [7, 11) is 0. The Bertz CT molecular complexity index is 1290. The van der Waals surface area contributed by atoms with Crippen molar-refractivity contribution in [1.29, 1.82) is 0 Å². The van der Waals surface area contributed by atoms with Crippen molar-refractivity contribution < 1.29 is 23.5 Å². The number of benzene rings is 1. The molecule has 1 spiro atoms. The van der Waals surface area contributed by atoms with Crippen LogP contribution in [0.1, 0.15) is 117 Å². The Kier molecular flexibility index (Phi) is 6.07. The molecule has 0 aromatic heterocycles. The molecule has 0 radical (unpaired) electrons. The van der Waals surface area contributed by atoms with Crippen molar-refractivity contribution in [3.8, 4) is 0 Å². The fraction of sp³-hybridized carbons (Fsp3) is 0.784. The van der Waals surface area contributed by atoms with E-state index in [0.717, 1.165) is 51.4 Å². The van der Waals surface area contributed by atoms with Gasteiger partial charge >= 0.3 is 11.9 Å². The molecule has 5 saturated carbocycles. The van der Waals surface area contributed by atoms with Crippen LogP contribution in [-0.4, -0.2) is 29.8 Å². The van der Waals surface area contributed by atoms with Crippen LogP contribution in [0.25, 0.3) is 0 Å². The molecule has 1 aromatic carbocycles. The number of rotatable bonds is 2. The van der Waals surface area contributed by atoms with Crippen molar-refractivity contribution in [1.82, 2.24) is 0 Å². The highest BCUT2D eigenvalue weighted by molar-refractivity contribution is 5.89. The first-order chi connectivity index (χ1) is 19.7. The minimum Gasteiger partial charge on any atom is -0.458 e. The largest absolute Gasteiger partial charge is 0.458 e. The molecule has 1 aliphatic heterocycles. The van der Waals surface area contributed by atoms with E-state index >= 15 is 4.39 Å². The van der Waals surface area contributed by atoms with Crippen molar-refractivity contribution in [3.63, 3.8) is 0 Å². The zero-order valence-electron chi connectivity index (χ0n) is 26.8. The molecule has 0 N–H and O–H groups in total. The molecule has 42 heavy (non-hydrogen) atoms. The Hall–Kier alpha value is -1.91. The number of alkyl halides is 1. The summed E-state index contributed by atoms with van der Waals surface area (Å²) in [5, 5.41) is 0. The number of hydrogen-bond acceptors (Lipinski definition) is 4. The van der Waals surface area contributed by atoms with Crippen LogP contribution >= 0.6 is 0 Å². The van der Waals surface area contributed by atoms with Crippen LogP contribution in [0.2, 0.25) is 0 Å². The number of ether oxygens (including phenoxy) is 2. The number of carbonyl (C=O) groups is 2. The van der Waals surface area contributed by atoms with Crippen LogP contribution in [0.15, 0.2) is 30.3 Å². The van der Waals surface area contributed by atoms with Gasteiger partial charge in [0.15, 0.2) is 5.60 Å². The first-order valence-corrected chi connectivity index (χ1v) is 16.8. The summed E-state index contributed by atoms with van der Waals surface area (Å²) in [6, 6.07) is 9.29. The lowest BCUT2D eigenvalue weighted by molar-refractivity contribution is -0.310. The minimum atomic E-state index is -1.16. The summed E-state index contributed by atoms with van der Waals surface area (Å²) >= 11 is 0. The van der Waals surface area contributed by atoms with E-state index < -0.39 is 22.6 Å². The maximum Gasteiger partial charge on any atom is 0.338 e. The molecule has 5 heteroatoms. The van der Waals surface area contributed by atoms with Crippen LogP contribution in [0.5, 0.6) is 0 Å². The number of halogens is 1. The van der Waals surface area contributed by atoms with Crippen LogP contribution in [-0.2, 0) is 14.3 Å². The van der Waals surface area contributed by atoms with Gasteiger partial charge in [-0.25, -0.2) is 9.18 Å². The Morgan fingerprint density at radius 1 is 0.905 bits per heavy atom. The molecule has 7 rings (SSSR count). The van der Waals surface area contributed by atoms with Gasteiger partial charge in [0.05, 0.1) is 11.0 Å². The van der Waals surface area contributed by atoms with E-state index in [4.69, 9.17) is 9.47 Å². The molecular formula is C37H51FO4. The lowest BCUT2D eigenvalue weighted by Crippen LogP contribution is -2.76. The Labute approximate surface area is 251 Å². The third-order valence-corrected chi connectivity index (χ3v) is 15.5. The van der Waals surface area contributed by atoms with Crippen molar-refractivity contribution in [2.45, 2.75) is 124 Å². The van der Waals surface area contributed by atoms with E-state index in [1.165, 1.54) is 0 Å². The summed E-state index contributed by atoms with van der Waals surface area (Å²) in [4.78, 5) is 27.0. The molecule has 6 aliphatic rings. The van der Waals surface area contributed by atoms with Crippen LogP contribution in [0.4, 0.5) is 4.39 Å². The van der Waals surface area contributed by atoms with Crippen molar-refractivity contribution >= 4 is 11.9 Å². The average molecular weight is 579 g/mol. The molecule has 1 heterocycles. The third-order valence-electron chi connectivity index (χ3n) is 15.5. The van der Waals surface area contributed by atoms with Crippen LogP contribution < -0.4 is 0 Å². The normalized spacial score (nSPS) is 52.2. The van der Waals surface area contributed by atoms with Crippen molar-refractivity contribution in [3.05, 3.63) is 35.9 Å². The monoisotopic (exact) mass is 578 g/mol. The van der Waals surface area contributed by atoms with E-state index in [9.17, 15) is 9.59 Å². The number of fused-ring (bicyclic) bond motifs is 4. The molecule has 12 atom stereocenters. The van der Waals surface area contributed by atoms with Crippen LogP contribution in [0, 0.1) is 56.7 Å². The quantitative estimate of drug-likeness (QED) is 0.330. The Morgan fingerprint density at radius 3 is 2.33 bits per heavy atom. The minimum absolute atomic E-state index is 0.0390. The van der Waals surface area contributed by atoms with E-state index in [2.05, 4.69) is 48.5 Å². The first kappa shape index (κ1) is 28.8. The smallest absolute Gasteiger partial charge is 0.338 e. The number of esters is 2. The molecule has 2 bridgehead atoms. The summed E-state index contributed by atoms with van der Waals surface area (Å²) in [6.45, 7) is 16.3. The Balaban J connectivity index is 1.24. The molecule has 230 valence electrons. The zero-order chi connectivity index (χ0) is 30.1. The maximum absolute atomic E-state index is 17.4. The average Bonchev–Trinajstić information content (AvgIpc) is 3.17. The lowest BCUT2D eigenvalue weighted by Gasteiger charge is -2.74. The second-order valence-electron chi connectivity index (χ2n) is 16.9. The topological polar surface area (TPSA) is 52.6 Å². The van der Waals surface area contributed by atoms with Gasteiger partial charge < -0.3 is 9.47 Å². The second-order valence-corrected chi connectivity index (χ2v) is 16.9. The standard InChI is InChI=1S/C37H51FO4/c1-22-13-18-36-20-19-35(7)34(6)17-14-25-32(3,4)28(41-30(39)24-11-9-8-10-12-24)15-16-33(25,5)26(34)21-27(38)37(35,42-31(36)40)29(36)23(22)2/h8-12,22-23,25-29H,13-21H2,1-7H3/t22-,23+,25+,26-,27-,28+,29-,33+,34-,35+,36+,37+/m1/s1. The summed E-state index contributed by atoms with van der Waals surface area (Å²) in [5.74, 6) is 0.851. The summed E-state index contributed by atoms with van der Waals surface area (Å²) in [5.41, 5.74) is -1.79. The molecule has 0 unspecified atom stereocenters. The van der Waals surface area contributed by atoms with E-state index in [-0.39, 0.29) is 52.0 Å². The zero-order valence-corrected chi connectivity index (χ0v) is 26.8. The molecule has 6 fully saturated rings. The highest BCUT2D eigenvalue weighted by atomic mass is 19.1. The predicted molar refractivity (Wildman–Crippen MR) is 160 cm³/mol. The molecule has 1 saturated heterocycles. The van der Waals surface area contributed by atoms with Gasteiger partial charge in [0.25, 0.3) is 0 Å². The highest BCUT2D eigenvalue weighted by Gasteiger charge is 2.84. The van der Waals surface area contributed by atoms with E-state index in [1.807, 2.05) is 30.3 Å². The van der Waals surface area contributed by atoms with Crippen LogP contribution in [0.3, 0.4) is 0 Å². The van der Waals surface area contributed by atoms with Gasteiger partial charge in [-0.05, 0) is 104 Å². The number of carbonyl (C=O) groups excluding carboxylic acids is 2. The predicted octanol–water partition coefficient (Wildman–Crippen LogP) is 8.58. The fourth-order valence-electron chi connectivity index (χ4n) is 13.0. The molecule has 0 amide bonds. The molecule has 4 nitrogen and oxygen atoms in total. The number of hydrogen-bond donors (Lipinski definition) is 0. The van der Waals surface area contributed by atoms with Crippen molar-refractivity contribution in [2.75, 3.05) is 0 Å². The molecular weight excluding hydrogens is 527 g/mol. The fourth-order valence-corrected chi connectivity index (χ4v) is 13.0. The van der Waals surface area contributed by atoms with Gasteiger partial charge in [0.2, 0.25) is 0 Å². The first-order valence-electron chi connectivity index (χ1n) is 16.8. The third kappa shape index (κ3) is 3.19. The highest BCUT2D eigenvalue weighted by Crippen LogP contribution is 2.81. The SMILES string of the molecule is C[C@H]1[C@H](C)CC[C@@]23CC[C@]4(C)[C@](OC2=O)([C@H](F)C[C@@H]2[C@@]5(C)CC[C@H](OC(=O)c6ccccc6)C(C)(C)[C@@H]5CC[C@]24C)[C@H]13. The second kappa shape index (κ2) is 8.84. The van der Waals surface area contributed by atoms with E-state index in [1.54, 1.807) is 0 Å². The van der Waals surface area contributed by atoms with Gasteiger partial charge in [0, 0.05) is 16.7 Å². The summed E-state index contributed by atoms with van der Waals surface area (Å²) < 4.78 is 30.3. The van der Waals surface area contributed by atoms with Gasteiger partial charge in [-0.3, -0.25) is 4.79 Å². The van der Waals surface area contributed by atoms with Gasteiger partial charge in [0.1, 0.15) is 12.3 Å². The van der Waals surface area contributed by atoms with Gasteiger partial charge in [-0.2, -0.15) is 0 Å². The Morgan fingerprint density at radius 2 is 1.62 bits per heavy atom. The summed E-state index contributed by atoms with van der Waals surface area (Å²) in [6.07, 6.45) is 6.45. The lowest BCUT2D eigenvalue weighted by atomic mass is 9.30. The van der Waals surface area contributed by atoms with Crippen molar-refractivity contribution in [2.24, 2.45) is 56.7 Å². The van der Waals surface area contributed by atoms with E-state index in [0.29, 0.717) is 23.8 Å².